The lowest BCUT2D eigenvalue weighted by atomic mass is 9.91. The third kappa shape index (κ3) is 4.11. The van der Waals surface area contributed by atoms with Gasteiger partial charge in [-0.1, -0.05) is 12.1 Å². The van der Waals surface area contributed by atoms with E-state index >= 15 is 0 Å². The van der Waals surface area contributed by atoms with Crippen LogP contribution in [0.3, 0.4) is 0 Å². The molecular weight excluding hydrogens is 363 g/mol. The molecule has 140 valence electrons. The molecule has 1 unspecified atom stereocenters. The number of halogens is 1. The number of amides is 1. The summed E-state index contributed by atoms with van der Waals surface area (Å²) in [6, 6.07) is 9.91. The second-order valence-electron chi connectivity index (χ2n) is 6.86. The SMILES string of the molecule is O=C(C(Cc1ccco1)c1ccc(F)cc1)N1CCC(c2nccs2)CC1. The summed E-state index contributed by atoms with van der Waals surface area (Å²) in [6.45, 7) is 1.44. The van der Waals surface area contributed by atoms with Crippen molar-refractivity contribution >= 4 is 17.2 Å². The first-order valence-corrected chi connectivity index (χ1v) is 10.0. The molecule has 1 atom stereocenters. The van der Waals surface area contributed by atoms with Crippen molar-refractivity contribution in [2.75, 3.05) is 13.1 Å². The van der Waals surface area contributed by atoms with E-state index in [2.05, 4.69) is 4.98 Å². The fraction of sp³-hybridized carbons (Fsp3) is 0.333. The van der Waals surface area contributed by atoms with Crippen LogP contribution in [0, 0.1) is 5.82 Å². The monoisotopic (exact) mass is 384 g/mol. The normalized spacial score (nSPS) is 16.4. The van der Waals surface area contributed by atoms with Gasteiger partial charge in [-0.25, -0.2) is 9.37 Å². The number of rotatable bonds is 5. The molecule has 1 aliphatic rings. The van der Waals surface area contributed by atoms with E-state index in [0.717, 1.165) is 42.3 Å². The second-order valence-corrected chi connectivity index (χ2v) is 7.78. The molecule has 1 amide bonds. The van der Waals surface area contributed by atoms with Crippen LogP contribution in [-0.2, 0) is 11.2 Å². The molecule has 0 saturated carbocycles. The Morgan fingerprint density at radius 1 is 1.26 bits per heavy atom. The molecule has 3 heterocycles. The Hall–Kier alpha value is -2.47. The molecule has 0 radical (unpaired) electrons. The molecule has 0 spiro atoms. The highest BCUT2D eigenvalue weighted by atomic mass is 32.1. The molecule has 2 aromatic heterocycles. The van der Waals surface area contributed by atoms with Crippen molar-refractivity contribution < 1.29 is 13.6 Å². The van der Waals surface area contributed by atoms with E-state index in [9.17, 15) is 9.18 Å². The Balaban J connectivity index is 1.49. The summed E-state index contributed by atoms with van der Waals surface area (Å²) in [5.41, 5.74) is 0.819. The predicted molar refractivity (Wildman–Crippen MR) is 102 cm³/mol. The molecule has 6 heteroatoms. The Morgan fingerprint density at radius 2 is 2.04 bits per heavy atom. The number of benzene rings is 1. The molecular formula is C21H21FN2O2S. The molecule has 4 rings (SSSR count). The molecule has 0 bridgehead atoms. The fourth-order valence-electron chi connectivity index (χ4n) is 3.68. The van der Waals surface area contributed by atoms with E-state index in [-0.39, 0.29) is 17.6 Å². The third-order valence-corrected chi connectivity index (χ3v) is 6.10. The van der Waals surface area contributed by atoms with Crippen LogP contribution in [-0.4, -0.2) is 28.9 Å². The summed E-state index contributed by atoms with van der Waals surface area (Å²) in [5, 5.41) is 3.16. The van der Waals surface area contributed by atoms with Gasteiger partial charge in [0.1, 0.15) is 11.6 Å². The van der Waals surface area contributed by atoms with Gasteiger partial charge in [0.15, 0.2) is 0 Å². The Morgan fingerprint density at radius 3 is 2.67 bits per heavy atom. The lowest BCUT2D eigenvalue weighted by Gasteiger charge is -2.33. The molecule has 1 fully saturated rings. The topological polar surface area (TPSA) is 46.3 Å². The van der Waals surface area contributed by atoms with Crippen molar-refractivity contribution in [2.24, 2.45) is 0 Å². The van der Waals surface area contributed by atoms with Crippen molar-refractivity contribution in [3.63, 3.8) is 0 Å². The van der Waals surface area contributed by atoms with Crippen molar-refractivity contribution in [2.45, 2.75) is 31.1 Å². The Labute approximate surface area is 161 Å². The molecule has 0 aliphatic carbocycles. The largest absolute Gasteiger partial charge is 0.469 e. The highest BCUT2D eigenvalue weighted by molar-refractivity contribution is 7.09. The summed E-state index contributed by atoms with van der Waals surface area (Å²) in [4.78, 5) is 19.6. The van der Waals surface area contributed by atoms with Crippen LogP contribution < -0.4 is 0 Å². The second kappa shape index (κ2) is 8.05. The molecule has 1 aliphatic heterocycles. The lowest BCUT2D eigenvalue weighted by Crippen LogP contribution is -2.41. The van der Waals surface area contributed by atoms with Crippen LogP contribution in [0.4, 0.5) is 4.39 Å². The maximum Gasteiger partial charge on any atom is 0.230 e. The summed E-state index contributed by atoms with van der Waals surface area (Å²) >= 11 is 1.68. The number of likely N-dealkylation sites (tertiary alicyclic amines) is 1. The zero-order chi connectivity index (χ0) is 18.6. The minimum Gasteiger partial charge on any atom is -0.469 e. The smallest absolute Gasteiger partial charge is 0.230 e. The minimum atomic E-state index is -0.367. The molecule has 27 heavy (non-hydrogen) atoms. The van der Waals surface area contributed by atoms with Crippen molar-refractivity contribution in [3.8, 4) is 0 Å². The van der Waals surface area contributed by atoms with Crippen LogP contribution in [0.2, 0.25) is 0 Å². The standard InChI is InChI=1S/C21H21FN2O2S/c22-17-5-3-15(4-6-17)19(14-18-2-1-12-26-18)21(25)24-10-7-16(8-11-24)20-23-9-13-27-20/h1-6,9,12-13,16,19H,7-8,10-11,14H2. The number of hydrogen-bond donors (Lipinski definition) is 0. The molecule has 3 aromatic rings. The molecule has 0 N–H and O–H groups in total. The number of furan rings is 1. The van der Waals surface area contributed by atoms with Gasteiger partial charge in [0.2, 0.25) is 5.91 Å². The Bertz CT molecular complexity index is 854. The van der Waals surface area contributed by atoms with Gasteiger partial charge in [-0.3, -0.25) is 4.79 Å². The van der Waals surface area contributed by atoms with E-state index in [1.165, 1.54) is 12.1 Å². The summed E-state index contributed by atoms with van der Waals surface area (Å²) in [7, 11) is 0. The van der Waals surface area contributed by atoms with E-state index in [0.29, 0.717) is 12.3 Å². The van der Waals surface area contributed by atoms with Gasteiger partial charge in [0.05, 0.1) is 17.2 Å². The van der Waals surface area contributed by atoms with Crippen molar-refractivity contribution in [1.82, 2.24) is 9.88 Å². The first-order valence-electron chi connectivity index (χ1n) is 9.16. The fourth-order valence-corrected chi connectivity index (χ4v) is 4.49. The predicted octanol–water partition coefficient (Wildman–Crippen LogP) is 4.61. The van der Waals surface area contributed by atoms with Crippen LogP contribution in [0.5, 0.6) is 0 Å². The number of aromatic nitrogens is 1. The average Bonchev–Trinajstić information content (AvgIpc) is 3.41. The lowest BCUT2D eigenvalue weighted by molar-refractivity contribution is -0.134. The quantitative estimate of drug-likeness (QED) is 0.645. The number of carbonyl (C=O) groups is 1. The molecule has 4 nitrogen and oxygen atoms in total. The zero-order valence-corrected chi connectivity index (χ0v) is 15.7. The van der Waals surface area contributed by atoms with Gasteiger partial charge in [0, 0.05) is 37.0 Å². The summed E-state index contributed by atoms with van der Waals surface area (Å²) in [5.74, 6) is 0.606. The van der Waals surface area contributed by atoms with Gasteiger partial charge < -0.3 is 9.32 Å². The first-order chi connectivity index (χ1) is 13.2. The zero-order valence-electron chi connectivity index (χ0n) is 14.9. The first kappa shape index (κ1) is 17.9. The minimum absolute atomic E-state index is 0.0793. The number of thiazole rings is 1. The number of piperidine rings is 1. The average molecular weight is 384 g/mol. The van der Waals surface area contributed by atoms with Crippen molar-refractivity contribution in [1.29, 1.82) is 0 Å². The van der Waals surface area contributed by atoms with Gasteiger partial charge in [-0.2, -0.15) is 0 Å². The van der Waals surface area contributed by atoms with E-state index in [1.54, 1.807) is 29.7 Å². The number of nitrogens with zero attached hydrogens (tertiary/aromatic N) is 2. The van der Waals surface area contributed by atoms with Crippen LogP contribution >= 0.6 is 11.3 Å². The number of hydrogen-bond acceptors (Lipinski definition) is 4. The van der Waals surface area contributed by atoms with Gasteiger partial charge >= 0.3 is 0 Å². The van der Waals surface area contributed by atoms with Crippen LogP contribution in [0.15, 0.2) is 58.7 Å². The van der Waals surface area contributed by atoms with E-state index < -0.39 is 0 Å². The van der Waals surface area contributed by atoms with Crippen LogP contribution in [0.25, 0.3) is 0 Å². The van der Waals surface area contributed by atoms with Crippen molar-refractivity contribution in [3.05, 3.63) is 76.4 Å². The van der Waals surface area contributed by atoms with Crippen LogP contribution in [0.1, 0.15) is 41.0 Å². The maximum atomic E-state index is 13.3. The van der Waals surface area contributed by atoms with E-state index in [4.69, 9.17) is 4.42 Å². The molecule has 1 aromatic carbocycles. The van der Waals surface area contributed by atoms with Gasteiger partial charge in [-0.15, -0.1) is 11.3 Å². The maximum absolute atomic E-state index is 13.3. The highest BCUT2D eigenvalue weighted by Crippen LogP contribution is 2.32. The highest BCUT2D eigenvalue weighted by Gasteiger charge is 2.31. The Kier molecular flexibility index (Phi) is 5.34. The number of carbonyl (C=O) groups excluding carboxylic acids is 1. The van der Waals surface area contributed by atoms with Gasteiger partial charge in [0.25, 0.3) is 0 Å². The summed E-state index contributed by atoms with van der Waals surface area (Å²) < 4.78 is 18.8. The van der Waals surface area contributed by atoms with E-state index in [1.807, 2.05) is 28.6 Å². The third-order valence-electron chi connectivity index (χ3n) is 5.16. The molecule has 1 saturated heterocycles. The summed E-state index contributed by atoms with van der Waals surface area (Å²) in [6.07, 6.45) is 5.78. The van der Waals surface area contributed by atoms with Gasteiger partial charge in [-0.05, 0) is 42.7 Å².